The molecule has 0 bridgehead atoms. The van der Waals surface area contributed by atoms with Gasteiger partial charge in [-0.2, -0.15) is 5.26 Å². The largest absolute Gasteiger partial charge is 0.326 e. The number of nitrogens with zero attached hydrogens (tertiary/aromatic N) is 1. The molecule has 2 rings (SSSR count). The van der Waals surface area contributed by atoms with Gasteiger partial charge in [-0.15, -0.1) is 0 Å². The highest BCUT2D eigenvalue weighted by Gasteiger charge is 2.25. The second-order valence-corrected chi connectivity index (χ2v) is 4.33. The quantitative estimate of drug-likeness (QED) is 0.855. The van der Waals surface area contributed by atoms with Crippen molar-refractivity contribution in [3.8, 4) is 6.07 Å². The Morgan fingerprint density at radius 1 is 1.50 bits per heavy atom. The van der Waals surface area contributed by atoms with Crippen molar-refractivity contribution in [2.75, 3.05) is 5.32 Å². The van der Waals surface area contributed by atoms with Gasteiger partial charge in [0, 0.05) is 11.6 Å². The number of carbonyl (C=O) groups is 1. The molecule has 1 amide bonds. The molecule has 4 heteroatoms. The monoisotopic (exact) mass is 234 g/mol. The molecule has 0 spiro atoms. The fraction of sp³-hybridized carbons (Fsp3) is 0.333. The fourth-order valence-corrected chi connectivity index (χ4v) is 1.76. The summed E-state index contributed by atoms with van der Waals surface area (Å²) in [4.78, 5) is 11.7. The molecule has 0 unspecified atom stereocenters. The first kappa shape index (κ1) is 11.0. The summed E-state index contributed by atoms with van der Waals surface area (Å²) in [6, 6.07) is 6.91. The number of benzene rings is 1. The van der Waals surface area contributed by atoms with Crippen LogP contribution in [-0.2, 0) is 4.79 Å². The summed E-state index contributed by atoms with van der Waals surface area (Å²) in [5, 5.41) is 12.0. The number of hydrogen-bond acceptors (Lipinski definition) is 2. The van der Waals surface area contributed by atoms with Crippen LogP contribution < -0.4 is 5.32 Å². The maximum atomic E-state index is 11.7. The standard InChI is InChI=1S/C12H11ClN2O/c13-11-5-4-10(6-9(11)7-14)15-12(16)8-2-1-3-8/h4-6,8H,1-3H2,(H,15,16). The molecule has 82 valence electrons. The van der Waals surface area contributed by atoms with E-state index in [4.69, 9.17) is 16.9 Å². The molecule has 16 heavy (non-hydrogen) atoms. The van der Waals surface area contributed by atoms with E-state index in [9.17, 15) is 4.79 Å². The zero-order valence-corrected chi connectivity index (χ0v) is 9.42. The highest BCUT2D eigenvalue weighted by molar-refractivity contribution is 6.31. The second-order valence-electron chi connectivity index (χ2n) is 3.92. The van der Waals surface area contributed by atoms with Crippen molar-refractivity contribution in [3.05, 3.63) is 28.8 Å². The van der Waals surface area contributed by atoms with E-state index in [1.807, 2.05) is 6.07 Å². The number of nitriles is 1. The number of halogens is 1. The van der Waals surface area contributed by atoms with Gasteiger partial charge in [-0.05, 0) is 31.0 Å². The van der Waals surface area contributed by atoms with Gasteiger partial charge in [0.1, 0.15) is 6.07 Å². The molecule has 0 atom stereocenters. The average Bonchev–Trinajstić information content (AvgIpc) is 2.18. The normalized spacial score (nSPS) is 15.0. The summed E-state index contributed by atoms with van der Waals surface area (Å²) in [7, 11) is 0. The van der Waals surface area contributed by atoms with Crippen molar-refractivity contribution in [3.63, 3.8) is 0 Å². The topological polar surface area (TPSA) is 52.9 Å². The van der Waals surface area contributed by atoms with E-state index in [1.54, 1.807) is 18.2 Å². The molecule has 1 saturated carbocycles. The summed E-state index contributed by atoms with van der Waals surface area (Å²) >= 11 is 5.80. The van der Waals surface area contributed by atoms with E-state index in [2.05, 4.69) is 5.32 Å². The Morgan fingerprint density at radius 2 is 2.25 bits per heavy atom. The van der Waals surface area contributed by atoms with Crippen LogP contribution in [-0.4, -0.2) is 5.91 Å². The van der Waals surface area contributed by atoms with Crippen LogP contribution in [0.3, 0.4) is 0 Å². The van der Waals surface area contributed by atoms with Crippen LogP contribution in [0.25, 0.3) is 0 Å². The predicted molar refractivity (Wildman–Crippen MR) is 62.1 cm³/mol. The third-order valence-electron chi connectivity index (χ3n) is 2.83. The molecule has 0 aromatic heterocycles. The van der Waals surface area contributed by atoms with E-state index >= 15 is 0 Å². The van der Waals surface area contributed by atoms with Gasteiger partial charge >= 0.3 is 0 Å². The summed E-state index contributed by atoms with van der Waals surface area (Å²) in [6.07, 6.45) is 3.05. The van der Waals surface area contributed by atoms with Gasteiger partial charge in [-0.25, -0.2) is 0 Å². The van der Waals surface area contributed by atoms with Crippen molar-refractivity contribution in [1.82, 2.24) is 0 Å². The number of amides is 1. The molecular weight excluding hydrogens is 224 g/mol. The van der Waals surface area contributed by atoms with Crippen molar-refractivity contribution in [1.29, 1.82) is 5.26 Å². The van der Waals surface area contributed by atoms with Crippen LogP contribution in [0.4, 0.5) is 5.69 Å². The lowest BCUT2D eigenvalue weighted by atomic mass is 9.85. The SMILES string of the molecule is N#Cc1cc(NC(=O)C2CCC2)ccc1Cl. The van der Waals surface area contributed by atoms with Gasteiger partial charge in [0.2, 0.25) is 5.91 Å². The van der Waals surface area contributed by atoms with E-state index in [1.165, 1.54) is 0 Å². The molecule has 1 aliphatic rings. The minimum Gasteiger partial charge on any atom is -0.326 e. The lowest BCUT2D eigenvalue weighted by Crippen LogP contribution is -2.28. The van der Waals surface area contributed by atoms with E-state index in [0.29, 0.717) is 16.3 Å². The summed E-state index contributed by atoms with van der Waals surface area (Å²) in [6.45, 7) is 0. The van der Waals surface area contributed by atoms with Gasteiger partial charge in [0.15, 0.2) is 0 Å². The Kier molecular flexibility index (Phi) is 3.12. The van der Waals surface area contributed by atoms with Gasteiger partial charge < -0.3 is 5.32 Å². The van der Waals surface area contributed by atoms with Crippen molar-refractivity contribution < 1.29 is 4.79 Å². The molecular formula is C12H11ClN2O. The first-order valence-corrected chi connectivity index (χ1v) is 5.59. The fourth-order valence-electron chi connectivity index (χ4n) is 1.60. The van der Waals surface area contributed by atoms with Gasteiger partial charge in [0.05, 0.1) is 10.6 Å². The van der Waals surface area contributed by atoms with Crippen LogP contribution in [0.5, 0.6) is 0 Å². The Hall–Kier alpha value is -1.53. The predicted octanol–water partition coefficient (Wildman–Crippen LogP) is 2.95. The average molecular weight is 235 g/mol. The minimum atomic E-state index is 0.0393. The molecule has 1 fully saturated rings. The Bertz CT molecular complexity index is 461. The lowest BCUT2D eigenvalue weighted by Gasteiger charge is -2.24. The van der Waals surface area contributed by atoms with Gasteiger partial charge in [-0.3, -0.25) is 4.79 Å². The third-order valence-corrected chi connectivity index (χ3v) is 3.16. The molecule has 0 aliphatic heterocycles. The molecule has 1 aliphatic carbocycles. The molecule has 0 saturated heterocycles. The number of anilines is 1. The first-order chi connectivity index (χ1) is 7.70. The number of nitrogens with one attached hydrogen (secondary N) is 1. The highest BCUT2D eigenvalue weighted by Crippen LogP contribution is 2.28. The summed E-state index contributed by atoms with van der Waals surface area (Å²) in [5.41, 5.74) is 1.02. The van der Waals surface area contributed by atoms with Crippen molar-refractivity contribution in [2.45, 2.75) is 19.3 Å². The van der Waals surface area contributed by atoms with E-state index in [0.717, 1.165) is 19.3 Å². The van der Waals surface area contributed by atoms with Crippen LogP contribution in [0.1, 0.15) is 24.8 Å². The highest BCUT2D eigenvalue weighted by atomic mass is 35.5. The maximum absolute atomic E-state index is 11.7. The zero-order valence-electron chi connectivity index (χ0n) is 8.66. The van der Waals surface area contributed by atoms with E-state index < -0.39 is 0 Å². The third kappa shape index (κ3) is 2.17. The molecule has 1 N–H and O–H groups in total. The number of rotatable bonds is 2. The Balaban J connectivity index is 2.09. The number of carbonyl (C=O) groups excluding carboxylic acids is 1. The molecule has 3 nitrogen and oxygen atoms in total. The van der Waals surface area contributed by atoms with Crippen LogP contribution in [0.2, 0.25) is 5.02 Å². The summed E-state index contributed by atoms with van der Waals surface area (Å²) < 4.78 is 0. The van der Waals surface area contributed by atoms with Gasteiger partial charge in [-0.1, -0.05) is 18.0 Å². The van der Waals surface area contributed by atoms with Gasteiger partial charge in [0.25, 0.3) is 0 Å². The molecule has 1 aromatic rings. The van der Waals surface area contributed by atoms with Crippen LogP contribution >= 0.6 is 11.6 Å². The molecule has 1 aromatic carbocycles. The minimum absolute atomic E-state index is 0.0393. The molecule has 0 radical (unpaired) electrons. The van der Waals surface area contributed by atoms with Crippen LogP contribution in [0, 0.1) is 17.2 Å². The smallest absolute Gasteiger partial charge is 0.227 e. The maximum Gasteiger partial charge on any atom is 0.227 e. The lowest BCUT2D eigenvalue weighted by molar-refractivity contribution is -0.122. The first-order valence-electron chi connectivity index (χ1n) is 5.21. The van der Waals surface area contributed by atoms with E-state index in [-0.39, 0.29) is 11.8 Å². The Morgan fingerprint density at radius 3 is 2.81 bits per heavy atom. The van der Waals surface area contributed by atoms with Crippen LogP contribution in [0.15, 0.2) is 18.2 Å². The van der Waals surface area contributed by atoms with Crippen molar-refractivity contribution >= 4 is 23.2 Å². The zero-order chi connectivity index (χ0) is 11.5. The molecule has 0 heterocycles. The number of hydrogen-bond donors (Lipinski definition) is 1. The second kappa shape index (κ2) is 4.54. The van der Waals surface area contributed by atoms with Crippen molar-refractivity contribution in [2.24, 2.45) is 5.92 Å². The summed E-state index contributed by atoms with van der Waals surface area (Å²) in [5.74, 6) is 0.179. The Labute approximate surface area is 99.0 Å².